The average molecular weight is 321 g/mol. The van der Waals surface area contributed by atoms with E-state index in [9.17, 15) is 10.2 Å². The Balaban J connectivity index is 2.42. The molecular weight excluding hydrogens is 290 g/mol. The number of oxime groups is 1. The van der Waals surface area contributed by atoms with Gasteiger partial charge in [-0.2, -0.15) is 0 Å². The van der Waals surface area contributed by atoms with Crippen LogP contribution in [0.25, 0.3) is 0 Å². The van der Waals surface area contributed by atoms with E-state index in [4.69, 9.17) is 4.84 Å². The molecule has 0 aliphatic heterocycles. The molecule has 1 aromatic rings. The molecule has 0 unspecified atom stereocenters. The molecular formula is C19H31NO3. The molecule has 0 aliphatic carbocycles. The number of aromatic hydroxyl groups is 2. The van der Waals surface area contributed by atoms with Crippen molar-refractivity contribution in [3.8, 4) is 11.5 Å². The molecule has 0 aromatic heterocycles. The summed E-state index contributed by atoms with van der Waals surface area (Å²) in [5.41, 5.74) is 1.63. The van der Waals surface area contributed by atoms with E-state index in [1.54, 1.807) is 6.07 Å². The fourth-order valence-corrected chi connectivity index (χ4v) is 2.51. The minimum Gasteiger partial charge on any atom is -0.504 e. The van der Waals surface area contributed by atoms with Gasteiger partial charge in [-0.3, -0.25) is 0 Å². The van der Waals surface area contributed by atoms with Crippen molar-refractivity contribution < 1.29 is 15.1 Å². The van der Waals surface area contributed by atoms with E-state index >= 15 is 0 Å². The van der Waals surface area contributed by atoms with Crippen LogP contribution in [-0.2, 0) is 4.84 Å². The van der Waals surface area contributed by atoms with E-state index in [2.05, 4.69) is 12.1 Å². The normalized spacial score (nSPS) is 11.7. The number of rotatable bonds is 12. The van der Waals surface area contributed by atoms with Crippen LogP contribution in [0.2, 0.25) is 0 Å². The first-order chi connectivity index (χ1) is 11.2. The second-order valence-electron chi connectivity index (χ2n) is 5.88. The standard InChI is InChI=1S/C19H31NO3/c1-3-5-6-7-8-9-10-11-12-17(20-23-4-2)16-13-14-18(21)19(22)15-16/h13-15,21-22H,3-12H2,1-2H3/b20-17+. The highest BCUT2D eigenvalue weighted by Crippen LogP contribution is 2.26. The van der Waals surface area contributed by atoms with Gasteiger partial charge >= 0.3 is 0 Å². The van der Waals surface area contributed by atoms with Gasteiger partial charge in [0.15, 0.2) is 11.5 Å². The summed E-state index contributed by atoms with van der Waals surface area (Å²) < 4.78 is 0. The summed E-state index contributed by atoms with van der Waals surface area (Å²) in [4.78, 5) is 5.19. The fraction of sp³-hybridized carbons (Fsp3) is 0.632. The molecule has 0 heterocycles. The molecule has 4 nitrogen and oxygen atoms in total. The number of unbranched alkanes of at least 4 members (excludes halogenated alkanes) is 7. The van der Waals surface area contributed by atoms with Gasteiger partial charge < -0.3 is 15.1 Å². The zero-order valence-electron chi connectivity index (χ0n) is 14.6. The van der Waals surface area contributed by atoms with Crippen LogP contribution in [0.4, 0.5) is 0 Å². The zero-order valence-corrected chi connectivity index (χ0v) is 14.6. The van der Waals surface area contributed by atoms with Gasteiger partial charge in [-0.05, 0) is 38.0 Å². The van der Waals surface area contributed by atoms with Crippen LogP contribution >= 0.6 is 0 Å². The van der Waals surface area contributed by atoms with Crippen molar-refractivity contribution in [2.45, 2.75) is 71.6 Å². The predicted octanol–water partition coefficient (Wildman–Crippen LogP) is 5.37. The molecule has 0 amide bonds. The Kier molecular flexibility index (Phi) is 9.92. The number of benzene rings is 1. The fourth-order valence-electron chi connectivity index (χ4n) is 2.51. The minimum absolute atomic E-state index is 0.114. The molecule has 1 aromatic carbocycles. The number of hydrogen-bond acceptors (Lipinski definition) is 4. The molecule has 0 saturated carbocycles. The van der Waals surface area contributed by atoms with Crippen molar-refractivity contribution in [1.29, 1.82) is 0 Å². The lowest BCUT2D eigenvalue weighted by Crippen LogP contribution is -2.02. The average Bonchev–Trinajstić information content (AvgIpc) is 2.55. The predicted molar refractivity (Wildman–Crippen MR) is 95.2 cm³/mol. The quantitative estimate of drug-likeness (QED) is 0.235. The van der Waals surface area contributed by atoms with Crippen molar-refractivity contribution in [2.75, 3.05) is 6.61 Å². The van der Waals surface area contributed by atoms with E-state index in [-0.39, 0.29) is 11.5 Å². The molecule has 0 saturated heterocycles. The van der Waals surface area contributed by atoms with Crippen LogP contribution in [0.3, 0.4) is 0 Å². The maximum atomic E-state index is 9.64. The summed E-state index contributed by atoms with van der Waals surface area (Å²) >= 11 is 0. The molecule has 130 valence electrons. The summed E-state index contributed by atoms with van der Waals surface area (Å²) in [6, 6.07) is 4.79. The first kappa shape index (κ1) is 19.3. The molecule has 4 heteroatoms. The van der Waals surface area contributed by atoms with Gasteiger partial charge in [-0.1, -0.05) is 57.0 Å². The SMILES string of the molecule is CCCCCCCCCC/C(=N\OCC)c1ccc(O)c(O)c1. The maximum Gasteiger partial charge on any atom is 0.158 e. The smallest absolute Gasteiger partial charge is 0.158 e. The Labute approximate surface area is 140 Å². The topological polar surface area (TPSA) is 62.0 Å². The molecule has 23 heavy (non-hydrogen) atoms. The lowest BCUT2D eigenvalue weighted by atomic mass is 10.0. The van der Waals surface area contributed by atoms with Crippen LogP contribution in [-0.4, -0.2) is 22.5 Å². The van der Waals surface area contributed by atoms with Crippen LogP contribution < -0.4 is 0 Å². The Morgan fingerprint density at radius 2 is 1.57 bits per heavy atom. The first-order valence-corrected chi connectivity index (χ1v) is 8.90. The second kappa shape index (κ2) is 11.8. The van der Waals surface area contributed by atoms with Gasteiger partial charge in [0.1, 0.15) is 6.61 Å². The second-order valence-corrected chi connectivity index (χ2v) is 5.88. The van der Waals surface area contributed by atoms with Crippen LogP contribution in [0, 0.1) is 0 Å². The molecule has 2 N–H and O–H groups in total. The number of nitrogens with zero attached hydrogens (tertiary/aromatic N) is 1. The van der Waals surface area contributed by atoms with E-state index in [1.807, 2.05) is 6.92 Å². The third kappa shape index (κ3) is 7.91. The van der Waals surface area contributed by atoms with Gasteiger partial charge in [-0.15, -0.1) is 0 Å². The number of hydrogen-bond donors (Lipinski definition) is 2. The third-order valence-electron chi connectivity index (χ3n) is 3.88. The lowest BCUT2D eigenvalue weighted by Gasteiger charge is -2.08. The van der Waals surface area contributed by atoms with Crippen molar-refractivity contribution in [3.05, 3.63) is 23.8 Å². The van der Waals surface area contributed by atoms with Crippen molar-refractivity contribution >= 4 is 5.71 Å². The molecule has 0 atom stereocenters. The Morgan fingerprint density at radius 1 is 0.913 bits per heavy atom. The molecule has 1 rings (SSSR count). The van der Waals surface area contributed by atoms with Crippen molar-refractivity contribution in [1.82, 2.24) is 0 Å². The molecule has 0 spiro atoms. The highest BCUT2D eigenvalue weighted by molar-refractivity contribution is 6.00. The maximum absolute atomic E-state index is 9.64. The highest BCUT2D eigenvalue weighted by Gasteiger charge is 2.08. The Hall–Kier alpha value is -1.71. The van der Waals surface area contributed by atoms with Crippen LogP contribution in [0.15, 0.2) is 23.4 Å². The van der Waals surface area contributed by atoms with Gasteiger partial charge in [0, 0.05) is 5.56 Å². The van der Waals surface area contributed by atoms with Crippen molar-refractivity contribution in [2.24, 2.45) is 5.16 Å². The Morgan fingerprint density at radius 3 is 2.17 bits per heavy atom. The largest absolute Gasteiger partial charge is 0.504 e. The third-order valence-corrected chi connectivity index (χ3v) is 3.88. The highest BCUT2D eigenvalue weighted by atomic mass is 16.6. The molecule has 0 fully saturated rings. The number of phenolic OH excluding ortho intramolecular Hbond substituents is 2. The number of phenols is 2. The van der Waals surface area contributed by atoms with Crippen molar-refractivity contribution in [3.63, 3.8) is 0 Å². The molecule has 0 bridgehead atoms. The summed E-state index contributed by atoms with van der Waals surface area (Å²) in [5, 5.41) is 23.2. The van der Waals surface area contributed by atoms with Crippen LogP contribution in [0.5, 0.6) is 11.5 Å². The molecule has 0 radical (unpaired) electrons. The lowest BCUT2D eigenvalue weighted by molar-refractivity contribution is 0.158. The summed E-state index contributed by atoms with van der Waals surface area (Å²) in [6.45, 7) is 4.65. The molecule has 0 aliphatic rings. The van der Waals surface area contributed by atoms with Gasteiger partial charge in [-0.25, -0.2) is 0 Å². The van der Waals surface area contributed by atoms with E-state index in [0.29, 0.717) is 6.61 Å². The summed E-state index contributed by atoms with van der Waals surface area (Å²) in [5.74, 6) is -0.237. The summed E-state index contributed by atoms with van der Waals surface area (Å²) in [7, 11) is 0. The van der Waals surface area contributed by atoms with E-state index in [0.717, 1.165) is 24.1 Å². The van der Waals surface area contributed by atoms with Gasteiger partial charge in [0.05, 0.1) is 5.71 Å². The monoisotopic (exact) mass is 321 g/mol. The Bertz CT molecular complexity index is 472. The van der Waals surface area contributed by atoms with E-state index in [1.165, 1.54) is 57.1 Å². The minimum atomic E-state index is -0.123. The zero-order chi connectivity index (χ0) is 16.9. The summed E-state index contributed by atoms with van der Waals surface area (Å²) in [6.07, 6.45) is 10.9. The first-order valence-electron chi connectivity index (χ1n) is 8.90. The van der Waals surface area contributed by atoms with Gasteiger partial charge in [0.2, 0.25) is 0 Å². The van der Waals surface area contributed by atoms with E-state index < -0.39 is 0 Å². The van der Waals surface area contributed by atoms with Crippen LogP contribution in [0.1, 0.15) is 77.2 Å². The van der Waals surface area contributed by atoms with Gasteiger partial charge in [0.25, 0.3) is 0 Å².